The second-order valence-electron chi connectivity index (χ2n) is 4.58. The molecular formula is C13H16ClN3. The lowest BCUT2D eigenvalue weighted by molar-refractivity contribution is 0.340. The maximum Gasteiger partial charge on any atom is 0.115 e. The molecule has 3 rings (SSSR count). The SMILES string of the molecule is Clc1cccc2cnc(CCN3CCCC3)n12. The molecule has 0 amide bonds. The molecule has 1 aliphatic heterocycles. The van der Waals surface area contributed by atoms with Crippen molar-refractivity contribution < 1.29 is 0 Å². The highest BCUT2D eigenvalue weighted by molar-refractivity contribution is 6.29. The van der Waals surface area contributed by atoms with Crippen molar-refractivity contribution in [3.05, 3.63) is 35.4 Å². The molecule has 4 heteroatoms. The first-order valence-electron chi connectivity index (χ1n) is 6.18. The number of rotatable bonds is 3. The Bertz CT molecular complexity index is 514. The third kappa shape index (κ3) is 2.17. The summed E-state index contributed by atoms with van der Waals surface area (Å²) >= 11 is 6.21. The lowest BCUT2D eigenvalue weighted by atomic mass is 10.3. The van der Waals surface area contributed by atoms with E-state index in [9.17, 15) is 0 Å². The predicted octanol–water partition coefficient (Wildman–Crippen LogP) is 2.63. The van der Waals surface area contributed by atoms with Crippen molar-refractivity contribution in [3.63, 3.8) is 0 Å². The van der Waals surface area contributed by atoms with Crippen molar-refractivity contribution in [2.24, 2.45) is 0 Å². The van der Waals surface area contributed by atoms with Crippen LogP contribution in [0.5, 0.6) is 0 Å². The van der Waals surface area contributed by atoms with Gasteiger partial charge in [0, 0.05) is 13.0 Å². The van der Waals surface area contributed by atoms with E-state index in [1.165, 1.54) is 25.9 Å². The van der Waals surface area contributed by atoms with E-state index in [1.807, 2.05) is 28.8 Å². The van der Waals surface area contributed by atoms with Crippen molar-refractivity contribution in [3.8, 4) is 0 Å². The summed E-state index contributed by atoms with van der Waals surface area (Å²) in [6.45, 7) is 3.55. The number of fused-ring (bicyclic) bond motifs is 1. The summed E-state index contributed by atoms with van der Waals surface area (Å²) < 4.78 is 2.04. The van der Waals surface area contributed by atoms with Crippen LogP contribution in [0.3, 0.4) is 0 Å². The zero-order valence-electron chi connectivity index (χ0n) is 9.77. The van der Waals surface area contributed by atoms with E-state index in [0.29, 0.717) is 0 Å². The molecule has 90 valence electrons. The highest BCUT2D eigenvalue weighted by Gasteiger charge is 2.13. The molecule has 1 saturated heterocycles. The summed E-state index contributed by atoms with van der Waals surface area (Å²) in [5, 5.41) is 0.747. The highest BCUT2D eigenvalue weighted by atomic mass is 35.5. The highest BCUT2D eigenvalue weighted by Crippen LogP contribution is 2.16. The summed E-state index contributed by atoms with van der Waals surface area (Å²) in [5.74, 6) is 1.07. The fourth-order valence-corrected chi connectivity index (χ4v) is 2.78. The van der Waals surface area contributed by atoms with Gasteiger partial charge in [-0.25, -0.2) is 4.98 Å². The van der Waals surface area contributed by atoms with Crippen LogP contribution < -0.4 is 0 Å². The Labute approximate surface area is 106 Å². The van der Waals surface area contributed by atoms with E-state index in [2.05, 4.69) is 9.88 Å². The summed E-state index contributed by atoms with van der Waals surface area (Å²) in [7, 11) is 0. The molecule has 3 heterocycles. The standard InChI is InChI=1S/C13H16ClN3/c14-12-5-3-4-11-10-15-13(17(11)12)6-9-16-7-1-2-8-16/h3-5,10H,1-2,6-9H2. The van der Waals surface area contributed by atoms with Crippen LogP contribution in [0.1, 0.15) is 18.7 Å². The average molecular weight is 250 g/mol. The van der Waals surface area contributed by atoms with Gasteiger partial charge in [-0.3, -0.25) is 4.40 Å². The van der Waals surface area contributed by atoms with Gasteiger partial charge in [-0.15, -0.1) is 0 Å². The molecule has 0 spiro atoms. The Morgan fingerprint density at radius 3 is 2.88 bits per heavy atom. The van der Waals surface area contributed by atoms with Gasteiger partial charge in [-0.2, -0.15) is 0 Å². The molecule has 1 aliphatic rings. The van der Waals surface area contributed by atoms with Crippen molar-refractivity contribution in [2.45, 2.75) is 19.3 Å². The van der Waals surface area contributed by atoms with Gasteiger partial charge in [0.25, 0.3) is 0 Å². The molecule has 0 bridgehead atoms. The largest absolute Gasteiger partial charge is 0.303 e. The molecule has 0 aliphatic carbocycles. The molecule has 0 unspecified atom stereocenters. The van der Waals surface area contributed by atoms with E-state index in [0.717, 1.165) is 29.5 Å². The van der Waals surface area contributed by atoms with Crippen LogP contribution in [0.25, 0.3) is 5.52 Å². The predicted molar refractivity (Wildman–Crippen MR) is 69.6 cm³/mol. The van der Waals surface area contributed by atoms with Gasteiger partial charge in [0.05, 0.1) is 11.7 Å². The quantitative estimate of drug-likeness (QED) is 0.780. The molecule has 0 aromatic carbocycles. The lowest BCUT2D eigenvalue weighted by Gasteiger charge is -2.13. The summed E-state index contributed by atoms with van der Waals surface area (Å²) in [6.07, 6.45) is 5.54. The normalized spacial score (nSPS) is 17.0. The zero-order chi connectivity index (χ0) is 11.7. The number of likely N-dealkylation sites (tertiary alicyclic amines) is 1. The van der Waals surface area contributed by atoms with Crippen LogP contribution in [0.15, 0.2) is 24.4 Å². The monoisotopic (exact) mass is 249 g/mol. The summed E-state index contributed by atoms with van der Waals surface area (Å²) in [6, 6.07) is 5.91. The Morgan fingerprint density at radius 2 is 2.06 bits per heavy atom. The molecule has 2 aromatic rings. The fraction of sp³-hybridized carbons (Fsp3) is 0.462. The Kier molecular flexibility index (Phi) is 3.04. The van der Waals surface area contributed by atoms with Gasteiger partial charge < -0.3 is 4.90 Å². The molecule has 0 saturated carbocycles. The summed E-state index contributed by atoms with van der Waals surface area (Å²) in [5.41, 5.74) is 1.08. The van der Waals surface area contributed by atoms with Crippen molar-refractivity contribution in [2.75, 3.05) is 19.6 Å². The van der Waals surface area contributed by atoms with Crippen molar-refractivity contribution >= 4 is 17.1 Å². The summed E-state index contributed by atoms with van der Waals surface area (Å²) in [4.78, 5) is 6.97. The zero-order valence-corrected chi connectivity index (χ0v) is 10.5. The lowest BCUT2D eigenvalue weighted by Crippen LogP contribution is -2.22. The van der Waals surface area contributed by atoms with Crippen LogP contribution in [0.4, 0.5) is 0 Å². The fourth-order valence-electron chi connectivity index (χ4n) is 2.51. The Balaban J connectivity index is 1.80. The molecular weight excluding hydrogens is 234 g/mol. The molecule has 0 radical (unpaired) electrons. The minimum Gasteiger partial charge on any atom is -0.303 e. The van der Waals surface area contributed by atoms with E-state index >= 15 is 0 Å². The first kappa shape index (κ1) is 11.1. The van der Waals surface area contributed by atoms with Crippen molar-refractivity contribution in [1.82, 2.24) is 14.3 Å². The number of aromatic nitrogens is 2. The van der Waals surface area contributed by atoms with Gasteiger partial charge in [0.2, 0.25) is 0 Å². The van der Waals surface area contributed by atoms with E-state index in [4.69, 9.17) is 11.6 Å². The average Bonchev–Trinajstić information content (AvgIpc) is 2.95. The van der Waals surface area contributed by atoms with Crippen LogP contribution in [0.2, 0.25) is 5.15 Å². The van der Waals surface area contributed by atoms with Gasteiger partial charge in [0.1, 0.15) is 11.0 Å². The van der Waals surface area contributed by atoms with Crippen LogP contribution in [0, 0.1) is 0 Å². The van der Waals surface area contributed by atoms with Crippen LogP contribution in [-0.4, -0.2) is 33.9 Å². The maximum atomic E-state index is 6.21. The molecule has 3 nitrogen and oxygen atoms in total. The third-order valence-corrected chi connectivity index (χ3v) is 3.72. The number of nitrogens with zero attached hydrogens (tertiary/aromatic N) is 3. The second kappa shape index (κ2) is 4.67. The van der Waals surface area contributed by atoms with Gasteiger partial charge in [-0.1, -0.05) is 17.7 Å². The van der Waals surface area contributed by atoms with E-state index in [-0.39, 0.29) is 0 Å². The smallest absolute Gasteiger partial charge is 0.115 e. The first-order chi connectivity index (χ1) is 8.34. The number of halogens is 1. The maximum absolute atomic E-state index is 6.21. The number of pyridine rings is 1. The minimum absolute atomic E-state index is 0.747. The van der Waals surface area contributed by atoms with Gasteiger partial charge in [-0.05, 0) is 38.1 Å². The molecule has 17 heavy (non-hydrogen) atoms. The van der Waals surface area contributed by atoms with E-state index in [1.54, 1.807) is 0 Å². The number of imidazole rings is 1. The molecule has 0 atom stereocenters. The Morgan fingerprint density at radius 1 is 1.24 bits per heavy atom. The number of hydrogen-bond donors (Lipinski definition) is 0. The van der Waals surface area contributed by atoms with Crippen molar-refractivity contribution in [1.29, 1.82) is 0 Å². The second-order valence-corrected chi connectivity index (χ2v) is 4.97. The third-order valence-electron chi connectivity index (χ3n) is 3.43. The topological polar surface area (TPSA) is 20.5 Å². The van der Waals surface area contributed by atoms with E-state index < -0.39 is 0 Å². The minimum atomic E-state index is 0.747. The molecule has 2 aromatic heterocycles. The van der Waals surface area contributed by atoms with Crippen LogP contribution in [-0.2, 0) is 6.42 Å². The first-order valence-corrected chi connectivity index (χ1v) is 6.55. The number of hydrogen-bond acceptors (Lipinski definition) is 2. The molecule has 0 N–H and O–H groups in total. The molecule has 1 fully saturated rings. The van der Waals surface area contributed by atoms with Gasteiger partial charge in [0.15, 0.2) is 0 Å². The van der Waals surface area contributed by atoms with Crippen LogP contribution >= 0.6 is 11.6 Å². The Hall–Kier alpha value is -1.06. The van der Waals surface area contributed by atoms with Gasteiger partial charge >= 0.3 is 0 Å².